The van der Waals surface area contributed by atoms with Gasteiger partial charge in [0, 0.05) is 21.9 Å². The molecular formula is C12H12ClNO3. The second kappa shape index (κ2) is 6.89. The maximum absolute atomic E-state index is 10.6. The topological polar surface area (TPSA) is 52.4 Å². The zero-order chi connectivity index (χ0) is 12.7. The number of nitro groups is 1. The van der Waals surface area contributed by atoms with E-state index in [9.17, 15) is 10.1 Å². The van der Waals surface area contributed by atoms with Crippen molar-refractivity contribution in [2.24, 2.45) is 0 Å². The van der Waals surface area contributed by atoms with Crippen LogP contribution in [0.1, 0.15) is 18.1 Å². The van der Waals surface area contributed by atoms with Crippen LogP contribution in [-0.4, -0.2) is 18.1 Å². The van der Waals surface area contributed by atoms with Gasteiger partial charge in [-0.05, 0) is 6.07 Å². The molecule has 5 heteroatoms. The highest BCUT2D eigenvalue weighted by molar-refractivity contribution is 6.31. The van der Waals surface area contributed by atoms with E-state index in [-0.39, 0.29) is 13.2 Å². The summed E-state index contributed by atoms with van der Waals surface area (Å²) in [7, 11) is 0. The van der Waals surface area contributed by atoms with Crippen LogP contribution in [0.15, 0.2) is 24.3 Å². The smallest absolute Gasteiger partial charge is 0.233 e. The first kappa shape index (κ1) is 13.5. The predicted molar refractivity (Wildman–Crippen MR) is 65.5 cm³/mol. The van der Waals surface area contributed by atoms with Gasteiger partial charge >= 0.3 is 0 Å². The molecule has 1 unspecified atom stereocenters. The third kappa shape index (κ3) is 4.43. The third-order valence-corrected chi connectivity index (χ3v) is 2.48. The number of hydrogen-bond donors (Lipinski definition) is 0. The van der Waals surface area contributed by atoms with Crippen molar-refractivity contribution in [3.63, 3.8) is 0 Å². The van der Waals surface area contributed by atoms with Crippen LogP contribution in [0.25, 0.3) is 0 Å². The average Bonchev–Trinajstić information content (AvgIpc) is 2.28. The maximum Gasteiger partial charge on any atom is 0.233 e. The summed E-state index contributed by atoms with van der Waals surface area (Å²) in [4.78, 5) is 10.1. The fraction of sp³-hybridized carbons (Fsp3) is 0.333. The lowest BCUT2D eigenvalue weighted by Gasteiger charge is -2.15. The van der Waals surface area contributed by atoms with Gasteiger partial charge in [0.2, 0.25) is 6.54 Å². The zero-order valence-corrected chi connectivity index (χ0v) is 9.89. The number of halogens is 1. The SMILES string of the molecule is C#CCCOC(C[N+](=O)[O-])c1ccccc1Cl. The van der Waals surface area contributed by atoms with Crippen LogP contribution in [0.5, 0.6) is 0 Å². The summed E-state index contributed by atoms with van der Waals surface area (Å²) >= 11 is 5.97. The van der Waals surface area contributed by atoms with E-state index in [2.05, 4.69) is 5.92 Å². The van der Waals surface area contributed by atoms with Crippen molar-refractivity contribution < 1.29 is 9.66 Å². The van der Waals surface area contributed by atoms with E-state index in [0.717, 1.165) is 0 Å². The Morgan fingerprint density at radius 2 is 2.24 bits per heavy atom. The Labute approximate surface area is 105 Å². The number of rotatable bonds is 6. The van der Waals surface area contributed by atoms with E-state index < -0.39 is 11.0 Å². The lowest BCUT2D eigenvalue weighted by molar-refractivity contribution is -0.492. The molecule has 0 saturated carbocycles. The number of benzene rings is 1. The molecular weight excluding hydrogens is 242 g/mol. The molecule has 0 aromatic heterocycles. The van der Waals surface area contributed by atoms with Gasteiger partial charge in [0.15, 0.2) is 0 Å². The summed E-state index contributed by atoms with van der Waals surface area (Å²) in [5.41, 5.74) is 0.614. The standard InChI is InChI=1S/C12H12ClNO3/c1-2-3-8-17-12(9-14(15)16)10-6-4-5-7-11(10)13/h1,4-7,12H,3,8-9H2. The van der Waals surface area contributed by atoms with Crippen LogP contribution in [0, 0.1) is 22.5 Å². The minimum atomic E-state index is -0.660. The van der Waals surface area contributed by atoms with E-state index in [4.69, 9.17) is 22.8 Å². The summed E-state index contributed by atoms with van der Waals surface area (Å²) in [5.74, 6) is 2.41. The second-order valence-electron chi connectivity index (χ2n) is 3.35. The Morgan fingerprint density at radius 3 is 2.82 bits per heavy atom. The van der Waals surface area contributed by atoms with E-state index in [0.29, 0.717) is 17.0 Å². The van der Waals surface area contributed by atoms with Crippen LogP contribution >= 0.6 is 11.6 Å². The molecule has 0 aliphatic carbocycles. The maximum atomic E-state index is 10.6. The minimum absolute atomic E-state index is 0.278. The highest BCUT2D eigenvalue weighted by atomic mass is 35.5. The summed E-state index contributed by atoms with van der Waals surface area (Å²) in [6.45, 7) is -0.0471. The first-order valence-corrected chi connectivity index (χ1v) is 5.44. The van der Waals surface area contributed by atoms with Crippen molar-refractivity contribution in [1.82, 2.24) is 0 Å². The number of nitrogens with zero attached hydrogens (tertiary/aromatic N) is 1. The molecule has 0 aliphatic heterocycles. The molecule has 1 rings (SSSR count). The highest BCUT2D eigenvalue weighted by Gasteiger charge is 2.20. The van der Waals surface area contributed by atoms with Crippen molar-refractivity contribution >= 4 is 11.6 Å². The third-order valence-electron chi connectivity index (χ3n) is 2.13. The summed E-state index contributed by atoms with van der Waals surface area (Å²) in [5, 5.41) is 11.0. The van der Waals surface area contributed by atoms with Gasteiger partial charge in [0.1, 0.15) is 6.10 Å². The Kier molecular flexibility index (Phi) is 5.47. The summed E-state index contributed by atoms with van der Waals surface area (Å²) in [6.07, 6.45) is 4.85. The predicted octanol–water partition coefficient (Wildman–Crippen LogP) is 2.70. The van der Waals surface area contributed by atoms with Gasteiger partial charge < -0.3 is 4.74 Å². The first-order chi connectivity index (χ1) is 8.15. The molecule has 0 spiro atoms. The van der Waals surface area contributed by atoms with Gasteiger partial charge in [0.05, 0.1) is 6.61 Å². The van der Waals surface area contributed by atoms with Crippen molar-refractivity contribution in [1.29, 1.82) is 0 Å². The van der Waals surface area contributed by atoms with E-state index in [1.807, 2.05) is 0 Å². The van der Waals surface area contributed by atoms with E-state index in [1.165, 1.54) is 0 Å². The molecule has 0 heterocycles. The first-order valence-electron chi connectivity index (χ1n) is 5.06. The number of ether oxygens (including phenoxy) is 1. The van der Waals surface area contributed by atoms with E-state index in [1.54, 1.807) is 24.3 Å². The molecule has 1 atom stereocenters. The highest BCUT2D eigenvalue weighted by Crippen LogP contribution is 2.25. The van der Waals surface area contributed by atoms with Crippen molar-refractivity contribution in [2.45, 2.75) is 12.5 Å². The van der Waals surface area contributed by atoms with Gasteiger partial charge in [-0.25, -0.2) is 0 Å². The van der Waals surface area contributed by atoms with Crippen molar-refractivity contribution in [2.75, 3.05) is 13.2 Å². The van der Waals surface area contributed by atoms with Gasteiger partial charge in [-0.2, -0.15) is 0 Å². The van der Waals surface area contributed by atoms with Crippen LogP contribution in [0.2, 0.25) is 5.02 Å². The van der Waals surface area contributed by atoms with Gasteiger partial charge in [-0.15, -0.1) is 12.3 Å². The molecule has 4 nitrogen and oxygen atoms in total. The number of terminal acetylenes is 1. The van der Waals surface area contributed by atoms with Crippen LogP contribution in [0.3, 0.4) is 0 Å². The van der Waals surface area contributed by atoms with E-state index >= 15 is 0 Å². The average molecular weight is 254 g/mol. The second-order valence-corrected chi connectivity index (χ2v) is 3.76. The molecule has 17 heavy (non-hydrogen) atoms. The molecule has 0 radical (unpaired) electrons. The molecule has 0 N–H and O–H groups in total. The quantitative estimate of drug-likeness (QED) is 0.339. The Balaban J connectivity index is 2.79. The monoisotopic (exact) mass is 253 g/mol. The molecule has 0 bridgehead atoms. The van der Waals surface area contributed by atoms with Crippen LogP contribution < -0.4 is 0 Å². The lowest BCUT2D eigenvalue weighted by Crippen LogP contribution is -2.16. The Hall–Kier alpha value is -1.57. The molecule has 0 fully saturated rings. The molecule has 1 aromatic rings. The lowest BCUT2D eigenvalue weighted by atomic mass is 10.1. The minimum Gasteiger partial charge on any atom is -0.366 e. The van der Waals surface area contributed by atoms with Gasteiger partial charge in [-0.1, -0.05) is 29.8 Å². The fourth-order valence-corrected chi connectivity index (χ4v) is 1.63. The molecule has 0 saturated heterocycles. The Bertz CT molecular complexity index is 428. The molecule has 0 amide bonds. The van der Waals surface area contributed by atoms with Gasteiger partial charge in [-0.3, -0.25) is 10.1 Å². The Morgan fingerprint density at radius 1 is 1.53 bits per heavy atom. The van der Waals surface area contributed by atoms with Crippen LogP contribution in [0.4, 0.5) is 0 Å². The largest absolute Gasteiger partial charge is 0.366 e. The normalized spacial score (nSPS) is 11.8. The molecule has 90 valence electrons. The molecule has 1 aromatic carbocycles. The number of hydrogen-bond acceptors (Lipinski definition) is 3. The van der Waals surface area contributed by atoms with Gasteiger partial charge in [0.25, 0.3) is 0 Å². The summed E-state index contributed by atoms with van der Waals surface area (Å²) in [6, 6.07) is 6.91. The van der Waals surface area contributed by atoms with Crippen LogP contribution in [-0.2, 0) is 4.74 Å². The summed E-state index contributed by atoms with van der Waals surface area (Å²) < 4.78 is 5.39. The fourth-order valence-electron chi connectivity index (χ4n) is 1.37. The molecule has 0 aliphatic rings. The van der Waals surface area contributed by atoms with Crippen molar-refractivity contribution in [3.05, 3.63) is 45.0 Å². The zero-order valence-electron chi connectivity index (χ0n) is 9.14. The van der Waals surface area contributed by atoms with Crippen molar-refractivity contribution in [3.8, 4) is 12.3 Å².